The van der Waals surface area contributed by atoms with Crippen molar-refractivity contribution in [2.24, 2.45) is 0 Å². The number of hydrogen-bond donors (Lipinski definition) is 0. The van der Waals surface area contributed by atoms with E-state index in [1.165, 1.54) is 19.2 Å². The second-order valence-corrected chi connectivity index (χ2v) is 7.53. The highest BCUT2D eigenvalue weighted by Gasteiger charge is 2.31. The van der Waals surface area contributed by atoms with Crippen molar-refractivity contribution in [3.05, 3.63) is 41.7 Å². The normalized spacial score (nSPS) is 15.3. The number of nitrogens with zero attached hydrogens (tertiary/aromatic N) is 4. The molecule has 0 spiro atoms. The van der Waals surface area contributed by atoms with Crippen molar-refractivity contribution in [2.45, 2.75) is 24.9 Å². The molecule has 0 bridgehead atoms. The SMILES string of the molecule is COCC(=O)N1CCC(c2nc(N(C)C)ncc2-c2ccc(C(F)(F)F)cc2)CC1. The molecule has 1 aliphatic heterocycles. The molecule has 0 unspecified atom stereocenters. The summed E-state index contributed by atoms with van der Waals surface area (Å²) in [6.45, 7) is 1.22. The van der Waals surface area contributed by atoms with Gasteiger partial charge in [0.25, 0.3) is 0 Å². The molecular formula is C21H25F3N4O2. The van der Waals surface area contributed by atoms with Gasteiger partial charge >= 0.3 is 6.18 Å². The first-order valence-electron chi connectivity index (χ1n) is 9.69. The number of rotatable bonds is 5. The van der Waals surface area contributed by atoms with Gasteiger partial charge in [0.1, 0.15) is 6.61 Å². The molecule has 1 amide bonds. The van der Waals surface area contributed by atoms with Crippen molar-refractivity contribution in [1.82, 2.24) is 14.9 Å². The predicted octanol–water partition coefficient (Wildman–Crippen LogP) is 3.58. The third-order valence-electron chi connectivity index (χ3n) is 5.23. The fourth-order valence-corrected chi connectivity index (χ4v) is 3.59. The van der Waals surface area contributed by atoms with Crippen LogP contribution in [-0.4, -0.2) is 61.7 Å². The number of alkyl halides is 3. The van der Waals surface area contributed by atoms with Crippen molar-refractivity contribution < 1.29 is 22.7 Å². The largest absolute Gasteiger partial charge is 0.416 e. The summed E-state index contributed by atoms with van der Waals surface area (Å²) >= 11 is 0. The Morgan fingerprint density at radius 2 is 1.83 bits per heavy atom. The monoisotopic (exact) mass is 422 g/mol. The first-order valence-corrected chi connectivity index (χ1v) is 9.69. The van der Waals surface area contributed by atoms with Gasteiger partial charge in [0.15, 0.2) is 0 Å². The molecule has 30 heavy (non-hydrogen) atoms. The summed E-state index contributed by atoms with van der Waals surface area (Å²) in [5.74, 6) is 0.574. The molecule has 0 aliphatic carbocycles. The first-order chi connectivity index (χ1) is 14.2. The number of benzene rings is 1. The van der Waals surface area contributed by atoms with Gasteiger partial charge in [0.05, 0.1) is 11.3 Å². The van der Waals surface area contributed by atoms with Crippen molar-refractivity contribution in [3.8, 4) is 11.1 Å². The van der Waals surface area contributed by atoms with E-state index in [9.17, 15) is 18.0 Å². The maximum Gasteiger partial charge on any atom is 0.416 e. The van der Waals surface area contributed by atoms with Crippen LogP contribution in [0.25, 0.3) is 11.1 Å². The Hall–Kier alpha value is -2.68. The first kappa shape index (κ1) is 22.0. The van der Waals surface area contributed by atoms with Gasteiger partial charge in [-0.2, -0.15) is 13.2 Å². The molecule has 2 heterocycles. The Kier molecular flexibility index (Phi) is 6.60. The Balaban J connectivity index is 1.90. The number of hydrogen-bond acceptors (Lipinski definition) is 5. The fraction of sp³-hybridized carbons (Fsp3) is 0.476. The van der Waals surface area contributed by atoms with Crippen LogP contribution in [-0.2, 0) is 15.7 Å². The van der Waals surface area contributed by atoms with Crippen LogP contribution < -0.4 is 4.90 Å². The number of anilines is 1. The Morgan fingerprint density at radius 3 is 2.37 bits per heavy atom. The van der Waals surface area contributed by atoms with E-state index in [0.29, 0.717) is 37.4 Å². The van der Waals surface area contributed by atoms with Crippen LogP contribution in [0, 0.1) is 0 Å². The maximum atomic E-state index is 12.9. The number of halogens is 3. The van der Waals surface area contributed by atoms with E-state index in [2.05, 4.69) is 4.98 Å². The lowest BCUT2D eigenvalue weighted by molar-refractivity contribution is -0.137. The van der Waals surface area contributed by atoms with E-state index in [1.807, 2.05) is 14.1 Å². The maximum absolute atomic E-state index is 12.9. The fourth-order valence-electron chi connectivity index (χ4n) is 3.59. The van der Waals surface area contributed by atoms with Crippen molar-refractivity contribution in [3.63, 3.8) is 0 Å². The summed E-state index contributed by atoms with van der Waals surface area (Å²) in [6.07, 6.45) is -1.28. The summed E-state index contributed by atoms with van der Waals surface area (Å²) < 4.78 is 43.7. The summed E-state index contributed by atoms with van der Waals surface area (Å²) in [7, 11) is 5.16. The molecule has 1 aromatic heterocycles. The van der Waals surface area contributed by atoms with E-state index >= 15 is 0 Å². The molecule has 6 nitrogen and oxygen atoms in total. The number of aromatic nitrogens is 2. The van der Waals surface area contributed by atoms with E-state index < -0.39 is 11.7 Å². The van der Waals surface area contributed by atoms with Gasteiger partial charge in [-0.3, -0.25) is 4.79 Å². The van der Waals surface area contributed by atoms with Crippen LogP contribution in [0.15, 0.2) is 30.5 Å². The van der Waals surface area contributed by atoms with E-state index in [1.54, 1.807) is 16.0 Å². The molecule has 0 atom stereocenters. The number of carbonyl (C=O) groups excluding carboxylic acids is 1. The van der Waals surface area contributed by atoms with Gasteiger partial charge in [-0.05, 0) is 30.5 Å². The predicted molar refractivity (Wildman–Crippen MR) is 107 cm³/mol. The summed E-state index contributed by atoms with van der Waals surface area (Å²) in [5.41, 5.74) is 1.47. The Bertz CT molecular complexity index is 877. The zero-order valence-corrected chi connectivity index (χ0v) is 17.2. The zero-order chi connectivity index (χ0) is 21.9. The summed E-state index contributed by atoms with van der Waals surface area (Å²) in [4.78, 5) is 24.7. The van der Waals surface area contributed by atoms with Gasteiger partial charge in [-0.1, -0.05) is 12.1 Å². The van der Waals surface area contributed by atoms with E-state index in [4.69, 9.17) is 9.72 Å². The molecule has 1 fully saturated rings. The van der Waals surface area contributed by atoms with Crippen LogP contribution >= 0.6 is 0 Å². The van der Waals surface area contributed by atoms with Crippen LogP contribution in [0.3, 0.4) is 0 Å². The molecule has 0 saturated carbocycles. The zero-order valence-electron chi connectivity index (χ0n) is 17.2. The quantitative estimate of drug-likeness (QED) is 0.737. The van der Waals surface area contributed by atoms with Crippen molar-refractivity contribution in [2.75, 3.05) is 45.8 Å². The standard InChI is InChI=1S/C21H25F3N4O2/c1-27(2)20-25-12-17(14-4-6-16(7-5-14)21(22,23)24)19(26-20)15-8-10-28(11-9-15)18(29)13-30-3/h4-7,12,15H,8-11,13H2,1-3H3. The molecule has 0 N–H and O–H groups in total. The molecule has 1 aromatic carbocycles. The highest BCUT2D eigenvalue weighted by molar-refractivity contribution is 5.77. The highest BCUT2D eigenvalue weighted by atomic mass is 19.4. The van der Waals surface area contributed by atoms with Gasteiger partial charge < -0.3 is 14.5 Å². The lowest BCUT2D eigenvalue weighted by Gasteiger charge is -2.32. The van der Waals surface area contributed by atoms with Crippen LogP contribution in [0.1, 0.15) is 30.0 Å². The Morgan fingerprint density at radius 1 is 1.20 bits per heavy atom. The molecule has 162 valence electrons. The van der Waals surface area contributed by atoms with Crippen molar-refractivity contribution in [1.29, 1.82) is 0 Å². The van der Waals surface area contributed by atoms with Crippen molar-refractivity contribution >= 4 is 11.9 Å². The second-order valence-electron chi connectivity index (χ2n) is 7.53. The molecule has 1 saturated heterocycles. The smallest absolute Gasteiger partial charge is 0.375 e. The van der Waals surface area contributed by atoms with Gasteiger partial charge in [-0.25, -0.2) is 9.97 Å². The second kappa shape index (κ2) is 8.99. The number of ether oxygens (including phenoxy) is 1. The van der Waals surface area contributed by atoms with Crippen LogP contribution in [0.4, 0.5) is 19.1 Å². The molecular weight excluding hydrogens is 397 g/mol. The number of carbonyl (C=O) groups is 1. The summed E-state index contributed by atoms with van der Waals surface area (Å²) in [5, 5.41) is 0. The van der Waals surface area contributed by atoms with Crippen LogP contribution in [0.2, 0.25) is 0 Å². The summed E-state index contributed by atoms with van der Waals surface area (Å²) in [6, 6.07) is 5.06. The van der Waals surface area contributed by atoms with Gasteiger partial charge in [0, 0.05) is 52.0 Å². The van der Waals surface area contributed by atoms with E-state index in [-0.39, 0.29) is 18.4 Å². The lowest BCUT2D eigenvalue weighted by Crippen LogP contribution is -2.40. The highest BCUT2D eigenvalue weighted by Crippen LogP contribution is 2.36. The van der Waals surface area contributed by atoms with Gasteiger partial charge in [-0.15, -0.1) is 0 Å². The topological polar surface area (TPSA) is 58.6 Å². The number of likely N-dealkylation sites (tertiary alicyclic amines) is 1. The number of amides is 1. The molecule has 9 heteroatoms. The van der Waals surface area contributed by atoms with Gasteiger partial charge in [0.2, 0.25) is 11.9 Å². The third kappa shape index (κ3) is 4.89. The number of piperidine rings is 1. The third-order valence-corrected chi connectivity index (χ3v) is 5.23. The molecule has 3 rings (SSSR count). The minimum absolute atomic E-state index is 0.0458. The molecule has 2 aromatic rings. The number of methoxy groups -OCH3 is 1. The molecule has 0 radical (unpaired) electrons. The molecule has 1 aliphatic rings. The average molecular weight is 422 g/mol. The minimum Gasteiger partial charge on any atom is -0.375 e. The lowest BCUT2D eigenvalue weighted by atomic mass is 9.88. The average Bonchev–Trinajstić information content (AvgIpc) is 2.73. The Labute approximate surface area is 173 Å². The van der Waals surface area contributed by atoms with Crippen LogP contribution in [0.5, 0.6) is 0 Å². The minimum atomic E-state index is -4.38. The van der Waals surface area contributed by atoms with E-state index in [0.717, 1.165) is 23.4 Å².